The first-order valence-corrected chi connectivity index (χ1v) is 6.41. The number of ether oxygens (including phenoxy) is 3. The van der Waals surface area contributed by atoms with Crippen molar-refractivity contribution in [3.05, 3.63) is 17.7 Å². The van der Waals surface area contributed by atoms with Gasteiger partial charge in [0.15, 0.2) is 11.5 Å². The predicted molar refractivity (Wildman–Crippen MR) is 74.3 cm³/mol. The molecular formula is C14H21NO5. The molecular weight excluding hydrogens is 262 g/mol. The van der Waals surface area contributed by atoms with E-state index in [1.807, 2.05) is 6.92 Å². The number of nitrogens with one attached hydrogen (secondary N) is 1. The standard InChI is InChI=1S/C14H21NO5/c1-4-15-13(17)5-6-20-14-11(18-2)7-10(9-16)8-12(14)19-3/h7-8,16H,4-6,9H2,1-3H3,(H,15,17). The van der Waals surface area contributed by atoms with Crippen molar-refractivity contribution in [1.29, 1.82) is 0 Å². The molecule has 0 spiro atoms. The van der Waals surface area contributed by atoms with Gasteiger partial charge < -0.3 is 24.6 Å². The van der Waals surface area contributed by atoms with Crippen LogP contribution < -0.4 is 19.5 Å². The number of amides is 1. The molecule has 2 N–H and O–H groups in total. The minimum absolute atomic E-state index is 0.0718. The summed E-state index contributed by atoms with van der Waals surface area (Å²) in [5, 5.41) is 11.9. The van der Waals surface area contributed by atoms with Crippen LogP contribution in [0.4, 0.5) is 0 Å². The molecule has 0 aliphatic carbocycles. The molecule has 0 aliphatic heterocycles. The van der Waals surface area contributed by atoms with E-state index in [-0.39, 0.29) is 25.5 Å². The maximum absolute atomic E-state index is 11.4. The largest absolute Gasteiger partial charge is 0.493 e. The third kappa shape index (κ3) is 4.31. The molecule has 1 amide bonds. The van der Waals surface area contributed by atoms with Gasteiger partial charge in [-0.3, -0.25) is 4.79 Å². The van der Waals surface area contributed by atoms with Crippen molar-refractivity contribution in [2.45, 2.75) is 20.0 Å². The lowest BCUT2D eigenvalue weighted by Crippen LogP contribution is -2.24. The highest BCUT2D eigenvalue weighted by atomic mass is 16.5. The van der Waals surface area contributed by atoms with Gasteiger partial charge in [0.2, 0.25) is 11.7 Å². The van der Waals surface area contributed by atoms with Gasteiger partial charge in [-0.25, -0.2) is 0 Å². The van der Waals surface area contributed by atoms with Crippen molar-refractivity contribution in [3.8, 4) is 17.2 Å². The molecule has 112 valence electrons. The fourth-order valence-corrected chi connectivity index (χ4v) is 1.70. The zero-order valence-corrected chi connectivity index (χ0v) is 12.1. The van der Waals surface area contributed by atoms with E-state index in [9.17, 15) is 9.90 Å². The van der Waals surface area contributed by atoms with Crippen LogP contribution >= 0.6 is 0 Å². The molecule has 0 aliphatic rings. The number of carbonyl (C=O) groups excluding carboxylic acids is 1. The monoisotopic (exact) mass is 283 g/mol. The van der Waals surface area contributed by atoms with Gasteiger partial charge >= 0.3 is 0 Å². The Labute approximate surface area is 118 Å². The molecule has 1 rings (SSSR count). The molecule has 20 heavy (non-hydrogen) atoms. The van der Waals surface area contributed by atoms with Crippen LogP contribution in [0.25, 0.3) is 0 Å². The van der Waals surface area contributed by atoms with Crippen molar-refractivity contribution in [3.63, 3.8) is 0 Å². The van der Waals surface area contributed by atoms with Crippen molar-refractivity contribution < 1.29 is 24.1 Å². The van der Waals surface area contributed by atoms with E-state index in [4.69, 9.17) is 14.2 Å². The summed E-state index contributed by atoms with van der Waals surface area (Å²) in [6, 6.07) is 3.34. The Kier molecular flexibility index (Phi) is 6.66. The fraction of sp³-hybridized carbons (Fsp3) is 0.500. The highest BCUT2D eigenvalue weighted by Gasteiger charge is 2.14. The summed E-state index contributed by atoms with van der Waals surface area (Å²) >= 11 is 0. The van der Waals surface area contributed by atoms with Crippen molar-refractivity contribution in [2.75, 3.05) is 27.4 Å². The molecule has 0 saturated heterocycles. The lowest BCUT2D eigenvalue weighted by Gasteiger charge is -2.15. The SMILES string of the molecule is CCNC(=O)CCOc1c(OC)cc(CO)cc1OC. The highest BCUT2D eigenvalue weighted by molar-refractivity contribution is 5.75. The maximum atomic E-state index is 11.4. The first-order chi connectivity index (χ1) is 9.65. The zero-order chi connectivity index (χ0) is 15.0. The topological polar surface area (TPSA) is 77.0 Å². The minimum atomic E-state index is -0.119. The molecule has 6 nitrogen and oxygen atoms in total. The van der Waals surface area contributed by atoms with E-state index in [2.05, 4.69) is 5.32 Å². The molecule has 0 aromatic heterocycles. The molecule has 0 unspecified atom stereocenters. The van der Waals surface area contributed by atoms with Gasteiger partial charge in [-0.2, -0.15) is 0 Å². The molecule has 0 radical (unpaired) electrons. The Morgan fingerprint density at radius 3 is 2.30 bits per heavy atom. The zero-order valence-electron chi connectivity index (χ0n) is 12.1. The Morgan fingerprint density at radius 1 is 1.25 bits per heavy atom. The third-order valence-electron chi connectivity index (χ3n) is 2.65. The van der Waals surface area contributed by atoms with E-state index >= 15 is 0 Å². The van der Waals surface area contributed by atoms with Gasteiger partial charge in [-0.05, 0) is 24.6 Å². The average Bonchev–Trinajstić information content (AvgIpc) is 2.47. The molecule has 0 heterocycles. The summed E-state index contributed by atoms with van der Waals surface area (Å²) in [4.78, 5) is 11.4. The van der Waals surface area contributed by atoms with E-state index < -0.39 is 0 Å². The Hall–Kier alpha value is -1.95. The minimum Gasteiger partial charge on any atom is -0.493 e. The van der Waals surface area contributed by atoms with E-state index in [1.54, 1.807) is 12.1 Å². The lowest BCUT2D eigenvalue weighted by atomic mass is 10.2. The van der Waals surface area contributed by atoms with Gasteiger partial charge in [0.25, 0.3) is 0 Å². The Balaban J connectivity index is 2.79. The van der Waals surface area contributed by atoms with E-state index in [0.717, 1.165) is 0 Å². The predicted octanol–water partition coefficient (Wildman–Crippen LogP) is 1.10. The molecule has 6 heteroatoms. The number of benzene rings is 1. The van der Waals surface area contributed by atoms with Crippen LogP contribution in [0.3, 0.4) is 0 Å². The summed E-state index contributed by atoms with van der Waals surface area (Å²) in [6.45, 7) is 2.55. The molecule has 0 bridgehead atoms. The maximum Gasteiger partial charge on any atom is 0.223 e. The van der Waals surface area contributed by atoms with Crippen LogP contribution in [-0.4, -0.2) is 38.4 Å². The van der Waals surface area contributed by atoms with E-state index in [0.29, 0.717) is 29.4 Å². The number of methoxy groups -OCH3 is 2. The third-order valence-corrected chi connectivity index (χ3v) is 2.65. The number of hydrogen-bond acceptors (Lipinski definition) is 5. The Bertz CT molecular complexity index is 422. The normalized spacial score (nSPS) is 10.0. The van der Waals surface area contributed by atoms with Crippen LogP contribution in [-0.2, 0) is 11.4 Å². The second kappa shape index (κ2) is 8.27. The highest BCUT2D eigenvalue weighted by Crippen LogP contribution is 2.38. The lowest BCUT2D eigenvalue weighted by molar-refractivity contribution is -0.121. The second-order valence-corrected chi connectivity index (χ2v) is 4.04. The molecule has 1 aromatic carbocycles. The van der Waals surface area contributed by atoms with E-state index in [1.165, 1.54) is 14.2 Å². The molecule has 0 fully saturated rings. The van der Waals surface area contributed by atoms with Gasteiger partial charge in [0, 0.05) is 6.54 Å². The molecule has 0 atom stereocenters. The second-order valence-electron chi connectivity index (χ2n) is 4.04. The smallest absolute Gasteiger partial charge is 0.223 e. The number of hydrogen-bond donors (Lipinski definition) is 2. The van der Waals surface area contributed by atoms with Crippen molar-refractivity contribution in [2.24, 2.45) is 0 Å². The summed E-state index contributed by atoms with van der Waals surface area (Å²) in [5.74, 6) is 1.28. The van der Waals surface area contributed by atoms with Gasteiger partial charge in [-0.15, -0.1) is 0 Å². The van der Waals surface area contributed by atoms with Crippen molar-refractivity contribution >= 4 is 5.91 Å². The first kappa shape index (κ1) is 16.1. The summed E-state index contributed by atoms with van der Waals surface area (Å²) in [5.41, 5.74) is 0.662. The Morgan fingerprint density at radius 2 is 1.85 bits per heavy atom. The summed E-state index contributed by atoms with van der Waals surface area (Å²) in [7, 11) is 3.01. The van der Waals surface area contributed by atoms with Crippen LogP contribution in [0.2, 0.25) is 0 Å². The van der Waals surface area contributed by atoms with Crippen molar-refractivity contribution in [1.82, 2.24) is 5.32 Å². The molecule has 1 aromatic rings. The van der Waals surface area contributed by atoms with Crippen LogP contribution in [0.15, 0.2) is 12.1 Å². The first-order valence-electron chi connectivity index (χ1n) is 6.41. The number of aliphatic hydroxyl groups is 1. The van der Waals surface area contributed by atoms with Gasteiger partial charge in [0.1, 0.15) is 0 Å². The van der Waals surface area contributed by atoms with Crippen LogP contribution in [0.1, 0.15) is 18.9 Å². The number of rotatable bonds is 8. The fourth-order valence-electron chi connectivity index (χ4n) is 1.70. The van der Waals surface area contributed by atoms with Gasteiger partial charge in [0.05, 0.1) is 33.9 Å². The molecule has 0 saturated carbocycles. The number of aliphatic hydroxyl groups excluding tert-OH is 1. The summed E-state index contributed by atoms with van der Waals surface area (Å²) in [6.07, 6.45) is 0.252. The van der Waals surface area contributed by atoms with Crippen LogP contribution in [0.5, 0.6) is 17.2 Å². The van der Waals surface area contributed by atoms with Crippen LogP contribution in [0, 0.1) is 0 Å². The summed E-state index contributed by atoms with van der Waals surface area (Å²) < 4.78 is 16.0. The average molecular weight is 283 g/mol. The van der Waals surface area contributed by atoms with Gasteiger partial charge in [-0.1, -0.05) is 0 Å². The quantitative estimate of drug-likeness (QED) is 0.747. The number of carbonyl (C=O) groups is 1.